The van der Waals surface area contributed by atoms with E-state index < -0.39 is 0 Å². The van der Waals surface area contributed by atoms with Crippen molar-refractivity contribution >= 4 is 6.21 Å². The first-order chi connectivity index (χ1) is 7.64. The molecule has 0 bridgehead atoms. The molecule has 1 rings (SSSR count). The van der Waals surface area contributed by atoms with E-state index in [-0.39, 0.29) is 0 Å². The van der Waals surface area contributed by atoms with Crippen LogP contribution in [0.5, 0.6) is 0 Å². The summed E-state index contributed by atoms with van der Waals surface area (Å²) in [5.74, 6) is 2.69. The molecule has 0 spiro atoms. The minimum atomic E-state index is 0.751. The molecule has 1 aromatic carbocycles. The summed E-state index contributed by atoms with van der Waals surface area (Å²) in [5.41, 5.74) is 1.14. The van der Waals surface area contributed by atoms with E-state index in [1.165, 1.54) is 0 Å². The molecular weight excluding hydrogens is 196 g/mol. The van der Waals surface area contributed by atoms with Gasteiger partial charge >= 0.3 is 0 Å². The van der Waals surface area contributed by atoms with Crippen molar-refractivity contribution in [1.29, 1.82) is 0 Å². The molecular formula is C14H19N2+. The Morgan fingerprint density at radius 2 is 2.00 bits per heavy atom. The molecule has 84 valence electrons. The van der Waals surface area contributed by atoms with Crippen LogP contribution in [-0.2, 0) is 0 Å². The number of quaternary nitrogens is 1. The van der Waals surface area contributed by atoms with Crippen molar-refractivity contribution in [3.05, 3.63) is 35.9 Å². The van der Waals surface area contributed by atoms with Crippen LogP contribution in [0.15, 0.2) is 35.3 Å². The third-order valence-electron chi connectivity index (χ3n) is 2.39. The van der Waals surface area contributed by atoms with E-state index >= 15 is 0 Å². The van der Waals surface area contributed by atoms with Crippen LogP contribution in [0, 0.1) is 12.3 Å². The fraction of sp³-hybridized carbons (Fsp3) is 0.357. The van der Waals surface area contributed by atoms with Crippen LogP contribution in [0.3, 0.4) is 0 Å². The normalized spacial score (nSPS) is 11.6. The zero-order valence-electron chi connectivity index (χ0n) is 10.1. The fourth-order valence-electron chi connectivity index (χ4n) is 1.36. The summed E-state index contributed by atoms with van der Waals surface area (Å²) in [6, 6.07) is 10.1. The Bertz CT molecular complexity index is 371. The molecule has 16 heavy (non-hydrogen) atoms. The highest BCUT2D eigenvalue weighted by Crippen LogP contribution is 1.96. The molecule has 0 saturated carbocycles. The minimum Gasteiger partial charge on any atom is -0.317 e. The van der Waals surface area contributed by atoms with Crippen LogP contribution < -0.4 is 0 Å². The van der Waals surface area contributed by atoms with Crippen LogP contribution in [0.1, 0.15) is 5.56 Å². The Hall–Kier alpha value is -1.59. The van der Waals surface area contributed by atoms with E-state index in [1.54, 1.807) is 0 Å². The lowest BCUT2D eigenvalue weighted by molar-refractivity contribution is -0.881. The van der Waals surface area contributed by atoms with Crippen LogP contribution in [0.25, 0.3) is 0 Å². The average molecular weight is 215 g/mol. The molecule has 0 radical (unpaired) electrons. The zero-order chi connectivity index (χ0) is 11.9. The second-order valence-electron chi connectivity index (χ2n) is 4.47. The average Bonchev–Trinajstić information content (AvgIpc) is 2.26. The largest absolute Gasteiger partial charge is 0.317 e. The second-order valence-corrected chi connectivity index (χ2v) is 4.47. The maximum absolute atomic E-state index is 5.31. The van der Waals surface area contributed by atoms with E-state index in [0.717, 1.165) is 29.7 Å². The maximum Gasteiger partial charge on any atom is 0.140 e. The minimum absolute atomic E-state index is 0.751. The highest BCUT2D eigenvalue weighted by molar-refractivity contribution is 5.79. The third kappa shape index (κ3) is 4.77. The van der Waals surface area contributed by atoms with Gasteiger partial charge in [-0.2, -0.15) is 0 Å². The maximum atomic E-state index is 5.31. The fourth-order valence-corrected chi connectivity index (χ4v) is 1.36. The smallest absolute Gasteiger partial charge is 0.140 e. The number of likely N-dealkylation sites (N-methyl/N-ethyl adjacent to an activating group) is 1. The van der Waals surface area contributed by atoms with Crippen molar-refractivity contribution in [1.82, 2.24) is 0 Å². The van der Waals surface area contributed by atoms with E-state index in [2.05, 4.69) is 25.0 Å². The number of rotatable bonds is 5. The lowest BCUT2D eigenvalue weighted by Crippen LogP contribution is -2.41. The van der Waals surface area contributed by atoms with E-state index in [9.17, 15) is 0 Å². The van der Waals surface area contributed by atoms with Gasteiger partial charge in [0.25, 0.3) is 0 Å². The molecule has 2 heteroatoms. The molecule has 1 aromatic rings. The van der Waals surface area contributed by atoms with Crippen molar-refractivity contribution in [2.24, 2.45) is 4.99 Å². The summed E-state index contributed by atoms with van der Waals surface area (Å²) in [6.45, 7) is 2.53. The molecule has 0 heterocycles. The van der Waals surface area contributed by atoms with Crippen molar-refractivity contribution < 1.29 is 4.48 Å². The summed E-state index contributed by atoms with van der Waals surface area (Å²) in [7, 11) is 4.25. The van der Waals surface area contributed by atoms with Crippen molar-refractivity contribution in [3.63, 3.8) is 0 Å². The first-order valence-electron chi connectivity index (χ1n) is 5.44. The summed E-state index contributed by atoms with van der Waals surface area (Å²) < 4.78 is 0.822. The lowest BCUT2D eigenvalue weighted by Gasteiger charge is -2.26. The highest BCUT2D eigenvalue weighted by Gasteiger charge is 2.10. The Morgan fingerprint density at radius 3 is 2.62 bits per heavy atom. The predicted molar refractivity (Wildman–Crippen MR) is 69.6 cm³/mol. The molecule has 0 amide bonds. The van der Waals surface area contributed by atoms with Gasteiger partial charge in [-0.05, 0) is 11.5 Å². The van der Waals surface area contributed by atoms with E-state index in [4.69, 9.17) is 6.42 Å². The third-order valence-corrected chi connectivity index (χ3v) is 2.39. The van der Waals surface area contributed by atoms with Crippen LogP contribution in [0.4, 0.5) is 0 Å². The molecule has 2 nitrogen and oxygen atoms in total. The van der Waals surface area contributed by atoms with Gasteiger partial charge in [-0.1, -0.05) is 30.3 Å². The number of hydrogen-bond donors (Lipinski definition) is 0. The number of benzene rings is 1. The standard InChI is InChI=1S/C14H19N2/c1-4-11-16(2,3)12-10-15-13-14-8-6-5-7-9-14/h1,5-9,13H,10-12H2,2-3H3/q+1. The Kier molecular flexibility index (Phi) is 4.75. The summed E-state index contributed by atoms with van der Waals surface area (Å²) >= 11 is 0. The van der Waals surface area contributed by atoms with Crippen molar-refractivity contribution in [2.45, 2.75) is 0 Å². The monoisotopic (exact) mass is 215 g/mol. The summed E-state index contributed by atoms with van der Waals surface area (Å²) in [5, 5.41) is 0. The molecule has 0 aromatic heterocycles. The highest BCUT2D eigenvalue weighted by atomic mass is 15.3. The molecule has 0 fully saturated rings. The number of hydrogen-bond acceptors (Lipinski definition) is 1. The zero-order valence-corrected chi connectivity index (χ0v) is 10.1. The van der Waals surface area contributed by atoms with Gasteiger partial charge in [0.1, 0.15) is 6.54 Å². The number of aliphatic imine (C=N–C) groups is 1. The first-order valence-corrected chi connectivity index (χ1v) is 5.44. The van der Waals surface area contributed by atoms with Gasteiger partial charge in [0.2, 0.25) is 0 Å². The van der Waals surface area contributed by atoms with Gasteiger partial charge in [0.15, 0.2) is 0 Å². The second kappa shape index (κ2) is 6.09. The Labute approximate surface area is 98.2 Å². The van der Waals surface area contributed by atoms with Gasteiger partial charge in [-0.3, -0.25) is 4.99 Å². The predicted octanol–water partition coefficient (Wildman–Crippen LogP) is 1.82. The van der Waals surface area contributed by atoms with Gasteiger partial charge < -0.3 is 4.48 Å². The molecule has 0 unspecified atom stereocenters. The van der Waals surface area contributed by atoms with Gasteiger partial charge in [0, 0.05) is 6.21 Å². The van der Waals surface area contributed by atoms with Crippen LogP contribution in [0.2, 0.25) is 0 Å². The molecule has 0 aliphatic carbocycles. The molecule has 0 atom stereocenters. The topological polar surface area (TPSA) is 12.4 Å². The number of terminal acetylenes is 1. The lowest BCUT2D eigenvalue weighted by atomic mass is 10.2. The van der Waals surface area contributed by atoms with E-state index in [0.29, 0.717) is 0 Å². The van der Waals surface area contributed by atoms with Gasteiger partial charge in [-0.15, -0.1) is 6.42 Å². The molecule has 0 aliphatic rings. The SMILES string of the molecule is C#CC[N+](C)(C)CCN=Cc1ccccc1. The van der Waals surface area contributed by atoms with Crippen molar-refractivity contribution in [3.8, 4) is 12.3 Å². The molecule has 0 saturated heterocycles. The van der Waals surface area contributed by atoms with Gasteiger partial charge in [0.05, 0.1) is 27.2 Å². The van der Waals surface area contributed by atoms with Crippen molar-refractivity contribution in [2.75, 3.05) is 33.7 Å². The number of nitrogens with zero attached hydrogens (tertiary/aromatic N) is 2. The van der Waals surface area contributed by atoms with Gasteiger partial charge in [-0.25, -0.2) is 0 Å². The first kappa shape index (κ1) is 12.5. The van der Waals surface area contributed by atoms with Crippen LogP contribution >= 0.6 is 0 Å². The quantitative estimate of drug-likeness (QED) is 0.403. The molecule has 0 N–H and O–H groups in total. The Morgan fingerprint density at radius 1 is 1.31 bits per heavy atom. The summed E-state index contributed by atoms with van der Waals surface area (Å²) in [6.07, 6.45) is 7.22. The Balaban J connectivity index is 2.36. The molecule has 0 aliphatic heterocycles. The van der Waals surface area contributed by atoms with Crippen LogP contribution in [-0.4, -0.2) is 44.4 Å². The summed E-state index contributed by atoms with van der Waals surface area (Å²) in [4.78, 5) is 4.40. The van der Waals surface area contributed by atoms with E-state index in [1.807, 2.05) is 36.5 Å².